The highest BCUT2D eigenvalue weighted by molar-refractivity contribution is 5.97. The number of rotatable bonds is 4. The van der Waals surface area contributed by atoms with Gasteiger partial charge in [0.25, 0.3) is 5.91 Å². The second-order valence-corrected chi connectivity index (χ2v) is 5.93. The van der Waals surface area contributed by atoms with Crippen LogP contribution in [0.3, 0.4) is 0 Å². The predicted octanol–water partition coefficient (Wildman–Crippen LogP) is 1.63. The van der Waals surface area contributed by atoms with Crippen molar-refractivity contribution < 1.29 is 14.3 Å². The molecule has 22 heavy (non-hydrogen) atoms. The van der Waals surface area contributed by atoms with E-state index in [0.717, 1.165) is 39.3 Å². The topological polar surface area (TPSA) is 42.0 Å². The van der Waals surface area contributed by atoms with Gasteiger partial charge in [-0.25, -0.2) is 0 Å². The van der Waals surface area contributed by atoms with Crippen molar-refractivity contribution in [2.45, 2.75) is 18.9 Å². The molecule has 0 saturated carbocycles. The highest BCUT2D eigenvalue weighted by atomic mass is 16.5. The molecule has 0 spiro atoms. The van der Waals surface area contributed by atoms with Gasteiger partial charge in [0.2, 0.25) is 0 Å². The molecule has 0 radical (unpaired) electrons. The molecule has 1 aromatic carbocycles. The van der Waals surface area contributed by atoms with Gasteiger partial charge >= 0.3 is 0 Å². The Kier molecular flexibility index (Phi) is 4.95. The smallest absolute Gasteiger partial charge is 0.257 e. The van der Waals surface area contributed by atoms with E-state index in [0.29, 0.717) is 17.4 Å². The van der Waals surface area contributed by atoms with Crippen molar-refractivity contribution >= 4 is 5.91 Å². The van der Waals surface area contributed by atoms with Crippen LogP contribution in [0.1, 0.15) is 23.2 Å². The zero-order valence-electron chi connectivity index (χ0n) is 13.2. The highest BCUT2D eigenvalue weighted by Crippen LogP contribution is 2.20. The molecule has 120 valence electrons. The van der Waals surface area contributed by atoms with Gasteiger partial charge in [0.15, 0.2) is 0 Å². The minimum absolute atomic E-state index is 0.0641. The first-order valence-corrected chi connectivity index (χ1v) is 8.04. The van der Waals surface area contributed by atoms with Crippen LogP contribution in [0.25, 0.3) is 0 Å². The molecule has 2 aliphatic heterocycles. The lowest BCUT2D eigenvalue weighted by molar-refractivity contribution is 0.0431. The maximum Gasteiger partial charge on any atom is 0.257 e. The fourth-order valence-electron chi connectivity index (χ4n) is 3.20. The maximum absolute atomic E-state index is 12.6. The van der Waals surface area contributed by atoms with E-state index in [1.165, 1.54) is 12.8 Å². The summed E-state index contributed by atoms with van der Waals surface area (Å²) in [5.74, 6) is 0.712. The molecule has 1 aromatic rings. The second-order valence-electron chi connectivity index (χ2n) is 5.93. The van der Waals surface area contributed by atoms with Crippen molar-refractivity contribution in [2.24, 2.45) is 0 Å². The standard InChI is InChI=1S/C17H24N2O3/c1-21-16-7-3-2-6-15(16)17(20)19-10-8-18(9-11-19)13-14-5-4-12-22-14/h2-3,6-7,14H,4-5,8-13H2,1H3. The second kappa shape index (κ2) is 7.11. The van der Waals surface area contributed by atoms with Crippen LogP contribution in [0.4, 0.5) is 0 Å². The molecule has 5 heteroatoms. The number of para-hydroxylation sites is 1. The van der Waals surface area contributed by atoms with Gasteiger partial charge in [-0.15, -0.1) is 0 Å². The largest absolute Gasteiger partial charge is 0.496 e. The summed E-state index contributed by atoms with van der Waals surface area (Å²) in [4.78, 5) is 17.0. The molecular weight excluding hydrogens is 280 g/mol. The Labute approximate surface area is 131 Å². The van der Waals surface area contributed by atoms with E-state index in [1.54, 1.807) is 7.11 Å². The molecule has 2 saturated heterocycles. The molecule has 2 fully saturated rings. The summed E-state index contributed by atoms with van der Waals surface area (Å²) in [6, 6.07) is 7.43. The van der Waals surface area contributed by atoms with Crippen LogP contribution in [0.2, 0.25) is 0 Å². The molecule has 2 aliphatic rings. The van der Waals surface area contributed by atoms with Crippen LogP contribution < -0.4 is 4.74 Å². The van der Waals surface area contributed by atoms with E-state index in [9.17, 15) is 4.79 Å². The lowest BCUT2D eigenvalue weighted by atomic mass is 10.1. The van der Waals surface area contributed by atoms with E-state index in [2.05, 4.69) is 4.90 Å². The Morgan fingerprint density at radius 3 is 2.73 bits per heavy atom. The first-order valence-electron chi connectivity index (χ1n) is 8.04. The zero-order chi connectivity index (χ0) is 15.4. The average Bonchev–Trinajstić information content (AvgIpc) is 3.08. The summed E-state index contributed by atoms with van der Waals surface area (Å²) in [6.45, 7) is 5.27. The molecule has 5 nitrogen and oxygen atoms in total. The van der Waals surface area contributed by atoms with Gasteiger partial charge in [0.1, 0.15) is 5.75 Å². The van der Waals surface area contributed by atoms with Gasteiger partial charge in [-0.1, -0.05) is 12.1 Å². The molecule has 1 unspecified atom stereocenters. The Bertz CT molecular complexity index is 506. The number of piperazine rings is 1. The minimum atomic E-state index is 0.0641. The fourth-order valence-corrected chi connectivity index (χ4v) is 3.20. The summed E-state index contributed by atoms with van der Waals surface area (Å²) < 4.78 is 11.0. The number of methoxy groups -OCH3 is 1. The molecule has 0 aromatic heterocycles. The van der Waals surface area contributed by atoms with E-state index in [1.807, 2.05) is 29.2 Å². The molecule has 0 bridgehead atoms. The van der Waals surface area contributed by atoms with Crippen molar-refractivity contribution in [1.82, 2.24) is 9.80 Å². The summed E-state index contributed by atoms with van der Waals surface area (Å²) >= 11 is 0. The third kappa shape index (κ3) is 3.42. The number of carbonyl (C=O) groups excluding carboxylic acids is 1. The first-order chi connectivity index (χ1) is 10.8. The lowest BCUT2D eigenvalue weighted by Crippen LogP contribution is -2.50. The van der Waals surface area contributed by atoms with Crippen LogP contribution in [-0.2, 0) is 4.74 Å². The van der Waals surface area contributed by atoms with Gasteiger partial charge in [-0.3, -0.25) is 9.69 Å². The van der Waals surface area contributed by atoms with E-state index in [-0.39, 0.29) is 5.91 Å². The normalized spacial score (nSPS) is 22.8. The molecule has 0 N–H and O–H groups in total. The number of amides is 1. The van der Waals surface area contributed by atoms with Gasteiger partial charge in [-0.05, 0) is 25.0 Å². The van der Waals surface area contributed by atoms with Gasteiger partial charge < -0.3 is 14.4 Å². The highest BCUT2D eigenvalue weighted by Gasteiger charge is 2.26. The quantitative estimate of drug-likeness (QED) is 0.848. The zero-order valence-corrected chi connectivity index (χ0v) is 13.2. The van der Waals surface area contributed by atoms with Crippen LogP contribution in [-0.4, -0.2) is 68.3 Å². The number of ether oxygens (including phenoxy) is 2. The van der Waals surface area contributed by atoms with E-state index >= 15 is 0 Å². The molecule has 2 heterocycles. The monoisotopic (exact) mass is 304 g/mol. The van der Waals surface area contributed by atoms with Crippen molar-refractivity contribution in [2.75, 3.05) is 46.4 Å². The number of hydrogen-bond donors (Lipinski definition) is 0. The van der Waals surface area contributed by atoms with Crippen LogP contribution >= 0.6 is 0 Å². The van der Waals surface area contributed by atoms with Gasteiger partial charge in [0, 0.05) is 39.3 Å². The van der Waals surface area contributed by atoms with Crippen LogP contribution in [0.15, 0.2) is 24.3 Å². The summed E-state index contributed by atoms with van der Waals surface area (Å²) in [7, 11) is 1.60. The first kappa shape index (κ1) is 15.3. The summed E-state index contributed by atoms with van der Waals surface area (Å²) in [6.07, 6.45) is 2.73. The summed E-state index contributed by atoms with van der Waals surface area (Å²) in [5.41, 5.74) is 0.651. The van der Waals surface area contributed by atoms with Crippen molar-refractivity contribution in [3.63, 3.8) is 0 Å². The Balaban J connectivity index is 1.55. The third-order valence-electron chi connectivity index (χ3n) is 4.48. The Hall–Kier alpha value is -1.59. The Morgan fingerprint density at radius 1 is 1.27 bits per heavy atom. The number of nitrogens with zero attached hydrogens (tertiary/aromatic N) is 2. The molecule has 1 atom stereocenters. The van der Waals surface area contributed by atoms with Gasteiger partial charge in [0.05, 0.1) is 18.8 Å². The average molecular weight is 304 g/mol. The molecule has 1 amide bonds. The molecule has 3 rings (SSSR count). The lowest BCUT2D eigenvalue weighted by Gasteiger charge is -2.35. The van der Waals surface area contributed by atoms with E-state index in [4.69, 9.17) is 9.47 Å². The fraction of sp³-hybridized carbons (Fsp3) is 0.588. The Morgan fingerprint density at radius 2 is 2.05 bits per heavy atom. The number of benzene rings is 1. The molecular formula is C17H24N2O3. The van der Waals surface area contributed by atoms with Crippen molar-refractivity contribution in [3.8, 4) is 5.75 Å². The molecule has 0 aliphatic carbocycles. The SMILES string of the molecule is COc1ccccc1C(=O)N1CCN(CC2CCCO2)CC1. The predicted molar refractivity (Wildman–Crippen MR) is 84.3 cm³/mol. The number of carbonyl (C=O) groups is 1. The minimum Gasteiger partial charge on any atom is -0.496 e. The summed E-state index contributed by atoms with van der Waals surface area (Å²) in [5, 5.41) is 0. The van der Waals surface area contributed by atoms with Crippen LogP contribution in [0, 0.1) is 0 Å². The van der Waals surface area contributed by atoms with Crippen LogP contribution in [0.5, 0.6) is 5.75 Å². The van der Waals surface area contributed by atoms with Crippen molar-refractivity contribution in [3.05, 3.63) is 29.8 Å². The van der Waals surface area contributed by atoms with Crippen molar-refractivity contribution in [1.29, 1.82) is 0 Å². The van der Waals surface area contributed by atoms with E-state index < -0.39 is 0 Å². The maximum atomic E-state index is 12.6. The van der Waals surface area contributed by atoms with Gasteiger partial charge in [-0.2, -0.15) is 0 Å². The number of hydrogen-bond acceptors (Lipinski definition) is 4. The third-order valence-corrected chi connectivity index (χ3v) is 4.48.